The van der Waals surface area contributed by atoms with Gasteiger partial charge in [-0.2, -0.15) is 0 Å². The normalized spacial score (nSPS) is 5.33. The molecule has 0 unspecified atom stereocenters. The van der Waals surface area contributed by atoms with Crippen LogP contribution in [0.25, 0.3) is 0 Å². The predicted octanol–water partition coefficient (Wildman–Crippen LogP) is 1.44. The number of alkyl halides is 1. The lowest BCUT2D eigenvalue weighted by molar-refractivity contribution is 0.216. The first kappa shape index (κ1) is 22.5. The molecule has 0 heterocycles. The van der Waals surface area contributed by atoms with Gasteiger partial charge in [0, 0.05) is 6.10 Å². The quantitative estimate of drug-likeness (QED) is 0.516. The number of hydrogen-bond donors (Lipinski definition) is 2. The Kier molecular flexibility index (Phi) is 90.8. The molecule has 4 heteroatoms. The molecule has 0 aliphatic rings. The van der Waals surface area contributed by atoms with Crippen LogP contribution in [0.2, 0.25) is 0 Å². The summed E-state index contributed by atoms with van der Waals surface area (Å²) in [6, 6.07) is 0. The van der Waals surface area contributed by atoms with E-state index in [2.05, 4.69) is 28.3 Å². The number of halogens is 2. The summed E-state index contributed by atoms with van der Waals surface area (Å²) in [6.07, 6.45) is -0.167. The van der Waals surface area contributed by atoms with Gasteiger partial charge in [0.15, 0.2) is 0 Å². The Morgan fingerprint density at radius 3 is 1.22 bits per heavy atom. The SMILES string of the molecule is CC(C)O.CI.CN.Cl. The van der Waals surface area contributed by atoms with E-state index in [1.807, 2.05) is 4.93 Å². The van der Waals surface area contributed by atoms with Crippen LogP contribution in [0.1, 0.15) is 13.8 Å². The molecule has 0 aromatic carbocycles. The smallest absolute Gasteiger partial charge is 0.0483 e. The van der Waals surface area contributed by atoms with Crippen LogP contribution in [0.4, 0.5) is 0 Å². The predicted molar refractivity (Wildman–Crippen MR) is 54.7 cm³/mol. The molecule has 0 fully saturated rings. The minimum atomic E-state index is -0.167. The van der Waals surface area contributed by atoms with Gasteiger partial charge < -0.3 is 10.8 Å². The fourth-order valence-corrected chi connectivity index (χ4v) is 0. The molecule has 0 radical (unpaired) electrons. The number of rotatable bonds is 0. The summed E-state index contributed by atoms with van der Waals surface area (Å²) in [6.45, 7) is 3.44. The zero-order valence-electron chi connectivity index (χ0n) is 6.39. The van der Waals surface area contributed by atoms with Crippen LogP contribution in [-0.2, 0) is 0 Å². The molecule has 0 aromatic rings. The molecule has 9 heavy (non-hydrogen) atoms. The topological polar surface area (TPSA) is 46.2 Å². The third-order valence-electron chi connectivity index (χ3n) is 0. The van der Waals surface area contributed by atoms with Crippen molar-refractivity contribution in [1.29, 1.82) is 0 Å². The van der Waals surface area contributed by atoms with Crippen molar-refractivity contribution in [3.05, 3.63) is 0 Å². The lowest BCUT2D eigenvalue weighted by Gasteiger charge is -1.80. The largest absolute Gasteiger partial charge is 0.394 e. The summed E-state index contributed by atoms with van der Waals surface area (Å²) in [7, 11) is 1.50. The van der Waals surface area contributed by atoms with E-state index in [0.717, 1.165) is 0 Å². The Hall–Kier alpha value is 0.940. The summed E-state index contributed by atoms with van der Waals surface area (Å²) in [5, 5.41) is 8.06. The highest BCUT2D eigenvalue weighted by molar-refractivity contribution is 14.1. The van der Waals surface area contributed by atoms with E-state index >= 15 is 0 Å². The molecule has 0 amide bonds. The van der Waals surface area contributed by atoms with Crippen LogP contribution in [0.5, 0.6) is 0 Å². The fraction of sp³-hybridized carbons (Fsp3) is 1.00. The van der Waals surface area contributed by atoms with E-state index < -0.39 is 0 Å². The second-order valence-corrected chi connectivity index (χ2v) is 1.09. The van der Waals surface area contributed by atoms with Gasteiger partial charge in [-0.15, -0.1) is 12.4 Å². The van der Waals surface area contributed by atoms with Crippen molar-refractivity contribution in [1.82, 2.24) is 0 Å². The summed E-state index contributed by atoms with van der Waals surface area (Å²) in [5.41, 5.74) is 4.50. The standard InChI is InChI=1S/C3H8O.CH3I.CH5N.ClH/c1-3(2)4;2*1-2;/h3-4H,1-2H3;1H3;2H2,1H3;1H. The van der Waals surface area contributed by atoms with Gasteiger partial charge >= 0.3 is 0 Å². The first-order valence-electron chi connectivity index (χ1n) is 2.37. The molecule has 0 atom stereocenters. The zero-order valence-corrected chi connectivity index (χ0v) is 9.36. The fourth-order valence-electron chi connectivity index (χ4n) is 0. The highest BCUT2D eigenvalue weighted by Gasteiger charge is 1.69. The molecule has 0 spiro atoms. The first-order valence-corrected chi connectivity index (χ1v) is 4.53. The van der Waals surface area contributed by atoms with Gasteiger partial charge in [0.25, 0.3) is 0 Å². The van der Waals surface area contributed by atoms with Crippen LogP contribution < -0.4 is 5.73 Å². The van der Waals surface area contributed by atoms with Gasteiger partial charge in [-0.25, -0.2) is 0 Å². The molecule has 2 nitrogen and oxygen atoms in total. The average molecular weight is 270 g/mol. The van der Waals surface area contributed by atoms with E-state index in [9.17, 15) is 0 Å². The minimum Gasteiger partial charge on any atom is -0.394 e. The van der Waals surface area contributed by atoms with Crippen molar-refractivity contribution in [2.24, 2.45) is 5.73 Å². The maximum absolute atomic E-state index is 8.06. The van der Waals surface area contributed by atoms with E-state index in [-0.39, 0.29) is 18.5 Å². The summed E-state index contributed by atoms with van der Waals surface area (Å²) < 4.78 is 0. The van der Waals surface area contributed by atoms with Gasteiger partial charge in [-0.05, 0) is 25.8 Å². The molecule has 0 bridgehead atoms. The van der Waals surface area contributed by atoms with Crippen molar-refractivity contribution < 1.29 is 5.11 Å². The van der Waals surface area contributed by atoms with Crippen LogP contribution >= 0.6 is 35.0 Å². The summed E-state index contributed by atoms with van der Waals surface area (Å²) in [4.78, 5) is 1.97. The molecule has 3 N–H and O–H groups in total. The Bertz CT molecular complexity index is 21.7. The second-order valence-electron chi connectivity index (χ2n) is 1.09. The van der Waals surface area contributed by atoms with Crippen molar-refractivity contribution in [2.45, 2.75) is 20.0 Å². The maximum atomic E-state index is 8.06. The molecule has 62 valence electrons. The third-order valence-corrected chi connectivity index (χ3v) is 0. The molecule has 0 rings (SSSR count). The van der Waals surface area contributed by atoms with Gasteiger partial charge in [0.1, 0.15) is 0 Å². The van der Waals surface area contributed by atoms with Crippen LogP contribution in [0.3, 0.4) is 0 Å². The molecule has 0 aromatic heterocycles. The Morgan fingerprint density at radius 1 is 1.22 bits per heavy atom. The molecule has 0 aliphatic carbocycles. The van der Waals surface area contributed by atoms with Crippen molar-refractivity contribution >= 4 is 35.0 Å². The van der Waals surface area contributed by atoms with E-state index in [0.29, 0.717) is 0 Å². The van der Waals surface area contributed by atoms with E-state index in [1.165, 1.54) is 7.05 Å². The summed E-state index contributed by atoms with van der Waals surface area (Å²) in [5.74, 6) is 0. The summed E-state index contributed by atoms with van der Waals surface area (Å²) >= 11 is 2.15. The Labute approximate surface area is 77.8 Å². The molecule has 0 saturated carbocycles. The third kappa shape index (κ3) is 487. The number of nitrogens with two attached hydrogens (primary N) is 1. The number of aliphatic hydroxyl groups excluding tert-OH is 1. The van der Waals surface area contributed by atoms with Crippen molar-refractivity contribution in [3.63, 3.8) is 0 Å². The number of hydrogen-bond acceptors (Lipinski definition) is 2. The van der Waals surface area contributed by atoms with Crippen LogP contribution in [0, 0.1) is 0 Å². The van der Waals surface area contributed by atoms with Gasteiger partial charge in [-0.1, -0.05) is 22.6 Å². The van der Waals surface area contributed by atoms with Crippen molar-refractivity contribution in [3.8, 4) is 0 Å². The monoisotopic (exact) mass is 269 g/mol. The first-order chi connectivity index (χ1) is 3.73. The van der Waals surface area contributed by atoms with Crippen LogP contribution in [-0.4, -0.2) is 23.2 Å². The number of aliphatic hydroxyl groups is 1. The van der Waals surface area contributed by atoms with Gasteiger partial charge in [0.2, 0.25) is 0 Å². The van der Waals surface area contributed by atoms with Crippen molar-refractivity contribution in [2.75, 3.05) is 12.0 Å². The van der Waals surface area contributed by atoms with Gasteiger partial charge in [0.05, 0.1) is 0 Å². The molecule has 0 saturated heterocycles. The maximum Gasteiger partial charge on any atom is 0.0483 e. The van der Waals surface area contributed by atoms with Gasteiger partial charge in [-0.3, -0.25) is 0 Å². The average Bonchev–Trinajstić information content (AvgIpc) is 1.75. The molecular formula is C5H17ClINO. The van der Waals surface area contributed by atoms with E-state index in [4.69, 9.17) is 5.11 Å². The van der Waals surface area contributed by atoms with E-state index in [1.54, 1.807) is 13.8 Å². The van der Waals surface area contributed by atoms with Crippen LogP contribution in [0.15, 0.2) is 0 Å². The Morgan fingerprint density at radius 2 is 1.22 bits per heavy atom. The highest BCUT2D eigenvalue weighted by Crippen LogP contribution is 1.65. The lowest BCUT2D eigenvalue weighted by Crippen LogP contribution is -1.85. The lowest BCUT2D eigenvalue weighted by atomic mass is 10.5. The second kappa shape index (κ2) is 36.3. The zero-order chi connectivity index (χ0) is 7.58. The minimum absolute atomic E-state index is 0. The molecule has 0 aliphatic heterocycles. The highest BCUT2D eigenvalue weighted by atomic mass is 127. The Balaban J connectivity index is -0.0000000221. The molecular weight excluding hydrogens is 252 g/mol.